The van der Waals surface area contributed by atoms with Crippen LogP contribution in [-0.4, -0.2) is 44.0 Å². The minimum Gasteiger partial charge on any atom is -0.368 e. The smallest absolute Gasteiger partial charge is 0.237 e. The topological polar surface area (TPSA) is 98.7 Å². The summed E-state index contributed by atoms with van der Waals surface area (Å²) < 4.78 is 1.87. The summed E-state index contributed by atoms with van der Waals surface area (Å²) in [6, 6.07) is 0.466. The van der Waals surface area contributed by atoms with E-state index in [1.54, 1.807) is 11.8 Å². The molecule has 0 spiro atoms. The summed E-state index contributed by atoms with van der Waals surface area (Å²) in [6.07, 6.45) is 2.95. The maximum atomic E-state index is 11.5. The molecule has 1 amide bonds. The van der Waals surface area contributed by atoms with Gasteiger partial charge in [0.25, 0.3) is 0 Å². The van der Waals surface area contributed by atoms with Crippen molar-refractivity contribution >= 4 is 17.7 Å². The lowest BCUT2D eigenvalue weighted by atomic mass is 9.98. The second kappa shape index (κ2) is 5.87. The zero-order valence-corrected chi connectivity index (χ0v) is 12.1. The van der Waals surface area contributed by atoms with E-state index < -0.39 is 5.54 Å². The average molecular weight is 284 g/mol. The highest BCUT2D eigenvalue weighted by Crippen LogP contribution is 2.36. The van der Waals surface area contributed by atoms with Gasteiger partial charge in [0.2, 0.25) is 11.1 Å². The molecule has 1 fully saturated rings. The number of carbonyl (C=O) groups excluding carboxylic acids is 1. The Kier molecular flexibility index (Phi) is 4.41. The molecule has 106 valence electrons. The number of nitrogens with one attached hydrogen (secondary N) is 1. The van der Waals surface area contributed by atoms with Crippen LogP contribution in [0.2, 0.25) is 0 Å². The third-order valence-corrected chi connectivity index (χ3v) is 4.23. The first-order valence-corrected chi connectivity index (χ1v) is 7.51. The van der Waals surface area contributed by atoms with Gasteiger partial charge in [-0.3, -0.25) is 4.79 Å². The standard InChI is InChI=1S/C11H20N6OS/c1-3-13-11(2,9(12)18)6-7-19-10-14-15-16-17(10)8-4-5-8/h8,13H,3-7H2,1-2H3,(H2,12,18). The summed E-state index contributed by atoms with van der Waals surface area (Å²) in [5, 5.41) is 15.7. The lowest BCUT2D eigenvalue weighted by Gasteiger charge is -2.26. The molecule has 1 saturated carbocycles. The second-order valence-electron chi connectivity index (χ2n) is 4.96. The molecule has 2 rings (SSSR count). The lowest BCUT2D eigenvalue weighted by molar-refractivity contribution is -0.123. The van der Waals surface area contributed by atoms with Crippen molar-refractivity contribution in [2.45, 2.75) is 49.8 Å². The molecule has 1 aromatic rings. The van der Waals surface area contributed by atoms with Crippen molar-refractivity contribution in [1.82, 2.24) is 25.5 Å². The molecular formula is C11H20N6OS. The predicted octanol–water partition coefficient (Wildman–Crippen LogP) is 0.344. The van der Waals surface area contributed by atoms with E-state index in [0.29, 0.717) is 19.0 Å². The van der Waals surface area contributed by atoms with Crippen LogP contribution in [0.1, 0.15) is 39.2 Å². The fraction of sp³-hybridized carbons (Fsp3) is 0.818. The van der Waals surface area contributed by atoms with Gasteiger partial charge in [-0.15, -0.1) is 5.10 Å². The van der Waals surface area contributed by atoms with Crippen molar-refractivity contribution < 1.29 is 4.79 Å². The predicted molar refractivity (Wildman–Crippen MR) is 72.7 cm³/mol. The molecule has 1 atom stereocenters. The monoisotopic (exact) mass is 284 g/mol. The maximum Gasteiger partial charge on any atom is 0.237 e. The molecule has 0 bridgehead atoms. The summed E-state index contributed by atoms with van der Waals surface area (Å²) in [4.78, 5) is 11.5. The second-order valence-corrected chi connectivity index (χ2v) is 6.02. The van der Waals surface area contributed by atoms with E-state index in [4.69, 9.17) is 5.73 Å². The van der Waals surface area contributed by atoms with Gasteiger partial charge in [-0.1, -0.05) is 18.7 Å². The highest BCUT2D eigenvalue weighted by atomic mass is 32.2. The van der Waals surface area contributed by atoms with Crippen LogP contribution >= 0.6 is 11.8 Å². The lowest BCUT2D eigenvalue weighted by Crippen LogP contribution is -2.53. The molecule has 7 nitrogen and oxygen atoms in total. The normalized spacial score (nSPS) is 18.2. The van der Waals surface area contributed by atoms with Crippen LogP contribution in [0.15, 0.2) is 5.16 Å². The van der Waals surface area contributed by atoms with Crippen LogP contribution in [0, 0.1) is 0 Å². The highest BCUT2D eigenvalue weighted by molar-refractivity contribution is 7.99. The zero-order valence-electron chi connectivity index (χ0n) is 11.3. The summed E-state index contributed by atoms with van der Waals surface area (Å²) in [5.41, 5.74) is 4.78. The Morgan fingerprint density at radius 3 is 2.95 bits per heavy atom. The van der Waals surface area contributed by atoms with Gasteiger partial charge in [-0.2, -0.15) is 0 Å². The molecule has 0 aromatic carbocycles. The molecule has 0 saturated heterocycles. The number of nitrogens with two attached hydrogens (primary N) is 1. The Balaban J connectivity index is 1.87. The Morgan fingerprint density at radius 1 is 1.63 bits per heavy atom. The van der Waals surface area contributed by atoms with Crippen molar-refractivity contribution in [3.63, 3.8) is 0 Å². The van der Waals surface area contributed by atoms with E-state index in [1.165, 1.54) is 0 Å². The number of thioether (sulfide) groups is 1. The molecule has 1 heterocycles. The molecule has 3 N–H and O–H groups in total. The van der Waals surface area contributed by atoms with Gasteiger partial charge in [-0.25, -0.2) is 4.68 Å². The molecule has 1 aromatic heterocycles. The molecule has 1 aliphatic carbocycles. The molecule has 8 heteroatoms. The van der Waals surface area contributed by atoms with Crippen LogP contribution in [0.4, 0.5) is 0 Å². The van der Waals surface area contributed by atoms with Crippen molar-refractivity contribution in [1.29, 1.82) is 0 Å². The molecule has 1 unspecified atom stereocenters. The number of primary amides is 1. The Labute approximate surface area is 116 Å². The van der Waals surface area contributed by atoms with E-state index in [1.807, 2.05) is 18.5 Å². The number of likely N-dealkylation sites (N-methyl/N-ethyl adjacent to an activating group) is 1. The van der Waals surface area contributed by atoms with Gasteiger partial charge in [0.15, 0.2) is 0 Å². The summed E-state index contributed by atoms with van der Waals surface area (Å²) in [7, 11) is 0. The molecular weight excluding hydrogens is 264 g/mol. The summed E-state index contributed by atoms with van der Waals surface area (Å²) >= 11 is 1.57. The first-order chi connectivity index (χ1) is 9.07. The van der Waals surface area contributed by atoms with Crippen molar-refractivity contribution in [2.75, 3.05) is 12.3 Å². The number of hydrogen-bond acceptors (Lipinski definition) is 6. The Morgan fingerprint density at radius 2 is 2.37 bits per heavy atom. The van der Waals surface area contributed by atoms with E-state index in [-0.39, 0.29) is 5.91 Å². The summed E-state index contributed by atoms with van der Waals surface area (Å²) in [6.45, 7) is 4.51. The number of hydrogen-bond donors (Lipinski definition) is 2. The van der Waals surface area contributed by atoms with Gasteiger partial charge >= 0.3 is 0 Å². The third kappa shape index (κ3) is 3.44. The largest absolute Gasteiger partial charge is 0.368 e. The average Bonchev–Trinajstić information content (AvgIpc) is 3.10. The highest BCUT2D eigenvalue weighted by Gasteiger charge is 2.31. The Bertz CT molecular complexity index is 446. The first-order valence-electron chi connectivity index (χ1n) is 6.52. The fourth-order valence-electron chi connectivity index (χ4n) is 1.86. The number of carbonyl (C=O) groups is 1. The zero-order chi connectivity index (χ0) is 13.9. The van der Waals surface area contributed by atoms with Crippen LogP contribution in [0.25, 0.3) is 0 Å². The van der Waals surface area contributed by atoms with Crippen molar-refractivity contribution in [3.05, 3.63) is 0 Å². The van der Waals surface area contributed by atoms with Crippen LogP contribution < -0.4 is 11.1 Å². The Hall–Kier alpha value is -1.15. The summed E-state index contributed by atoms with van der Waals surface area (Å²) in [5.74, 6) is 0.427. The molecule has 0 aliphatic heterocycles. The van der Waals surface area contributed by atoms with Gasteiger partial charge in [0.05, 0.1) is 11.6 Å². The molecule has 0 radical (unpaired) electrons. The van der Waals surface area contributed by atoms with Crippen LogP contribution in [-0.2, 0) is 4.79 Å². The first kappa shape index (κ1) is 14.3. The van der Waals surface area contributed by atoms with Gasteiger partial charge in [0, 0.05) is 5.75 Å². The fourth-order valence-corrected chi connectivity index (χ4v) is 2.97. The SMILES string of the molecule is CCNC(C)(CCSc1nnnn1C1CC1)C(N)=O. The van der Waals surface area contributed by atoms with Crippen LogP contribution in [0.3, 0.4) is 0 Å². The van der Waals surface area contributed by atoms with E-state index in [9.17, 15) is 4.79 Å². The van der Waals surface area contributed by atoms with E-state index >= 15 is 0 Å². The number of tetrazole rings is 1. The van der Waals surface area contributed by atoms with Crippen LogP contribution in [0.5, 0.6) is 0 Å². The van der Waals surface area contributed by atoms with Crippen molar-refractivity contribution in [2.24, 2.45) is 5.73 Å². The minimum atomic E-state index is -0.667. The van der Waals surface area contributed by atoms with Crippen molar-refractivity contribution in [3.8, 4) is 0 Å². The maximum absolute atomic E-state index is 11.5. The molecule has 19 heavy (non-hydrogen) atoms. The van der Waals surface area contributed by atoms with E-state index in [2.05, 4.69) is 20.8 Å². The number of nitrogens with zero attached hydrogens (tertiary/aromatic N) is 4. The van der Waals surface area contributed by atoms with Gasteiger partial charge in [-0.05, 0) is 43.2 Å². The minimum absolute atomic E-state index is 0.322. The quantitative estimate of drug-likeness (QED) is 0.668. The van der Waals surface area contributed by atoms with E-state index in [0.717, 1.165) is 23.8 Å². The number of rotatable bonds is 8. The molecule has 1 aliphatic rings. The number of aromatic nitrogens is 4. The van der Waals surface area contributed by atoms with Gasteiger partial charge in [0.1, 0.15) is 0 Å². The number of amides is 1. The third-order valence-electron chi connectivity index (χ3n) is 3.30. The van der Waals surface area contributed by atoms with Gasteiger partial charge < -0.3 is 11.1 Å².